The van der Waals surface area contributed by atoms with Crippen molar-refractivity contribution in [3.63, 3.8) is 0 Å². The highest BCUT2D eigenvalue weighted by molar-refractivity contribution is 5.84. The van der Waals surface area contributed by atoms with E-state index >= 15 is 0 Å². The van der Waals surface area contributed by atoms with Gasteiger partial charge in [-0.1, -0.05) is 0 Å². The number of hydrogen-bond acceptors (Lipinski definition) is 5. The van der Waals surface area contributed by atoms with Crippen molar-refractivity contribution in [2.24, 2.45) is 0 Å². The average molecular weight is 207 g/mol. The van der Waals surface area contributed by atoms with Gasteiger partial charge in [-0.05, 0) is 6.92 Å². The van der Waals surface area contributed by atoms with E-state index in [0.29, 0.717) is 24.8 Å². The maximum atomic E-state index is 5.76. The van der Waals surface area contributed by atoms with Crippen molar-refractivity contribution >= 4 is 16.9 Å². The van der Waals surface area contributed by atoms with Crippen molar-refractivity contribution in [1.29, 1.82) is 0 Å². The van der Waals surface area contributed by atoms with Gasteiger partial charge in [-0.3, -0.25) is 0 Å². The lowest BCUT2D eigenvalue weighted by molar-refractivity contribution is 0.184. The van der Waals surface area contributed by atoms with Crippen LogP contribution in [0.15, 0.2) is 6.20 Å². The van der Waals surface area contributed by atoms with Gasteiger partial charge in [-0.15, -0.1) is 0 Å². The molecule has 15 heavy (non-hydrogen) atoms. The molecule has 2 rings (SSSR count). The molecule has 6 heteroatoms. The van der Waals surface area contributed by atoms with Crippen molar-refractivity contribution in [3.8, 4) is 0 Å². The molecule has 0 saturated carbocycles. The van der Waals surface area contributed by atoms with E-state index in [1.165, 1.54) is 0 Å². The summed E-state index contributed by atoms with van der Waals surface area (Å²) in [6.07, 6.45) is 1.68. The van der Waals surface area contributed by atoms with Crippen molar-refractivity contribution in [2.75, 3.05) is 19.5 Å². The second-order valence-electron chi connectivity index (χ2n) is 3.25. The third-order valence-electron chi connectivity index (χ3n) is 2.14. The van der Waals surface area contributed by atoms with Crippen molar-refractivity contribution in [3.05, 3.63) is 12.0 Å². The van der Waals surface area contributed by atoms with Crippen LogP contribution in [0, 0.1) is 6.92 Å². The summed E-state index contributed by atoms with van der Waals surface area (Å²) in [6.45, 7) is 3.07. The monoisotopic (exact) mass is 207 g/mol. The van der Waals surface area contributed by atoms with Crippen molar-refractivity contribution in [2.45, 2.75) is 13.5 Å². The SMILES string of the molecule is COCCn1ncc2c(N)nc(C)nc21. The molecule has 2 N–H and O–H groups in total. The fraction of sp³-hybridized carbons (Fsp3) is 0.444. The first-order valence-electron chi connectivity index (χ1n) is 4.67. The number of aromatic nitrogens is 4. The van der Waals surface area contributed by atoms with E-state index in [2.05, 4.69) is 15.1 Å². The van der Waals surface area contributed by atoms with Crippen LogP contribution in [0.25, 0.3) is 11.0 Å². The fourth-order valence-electron chi connectivity index (χ4n) is 1.43. The highest BCUT2D eigenvalue weighted by Gasteiger charge is 2.08. The highest BCUT2D eigenvalue weighted by Crippen LogP contribution is 2.16. The van der Waals surface area contributed by atoms with Gasteiger partial charge in [0.1, 0.15) is 11.6 Å². The first kappa shape index (κ1) is 9.85. The van der Waals surface area contributed by atoms with Crippen LogP contribution in [-0.4, -0.2) is 33.5 Å². The van der Waals surface area contributed by atoms with Crippen molar-refractivity contribution < 1.29 is 4.74 Å². The Morgan fingerprint density at radius 2 is 2.27 bits per heavy atom. The Bertz CT molecular complexity index is 479. The van der Waals surface area contributed by atoms with E-state index in [1.54, 1.807) is 18.0 Å². The van der Waals surface area contributed by atoms with Crippen LogP contribution < -0.4 is 5.73 Å². The second-order valence-corrected chi connectivity index (χ2v) is 3.25. The molecule has 2 heterocycles. The first-order chi connectivity index (χ1) is 7.22. The number of rotatable bonds is 3. The third kappa shape index (κ3) is 1.75. The lowest BCUT2D eigenvalue weighted by atomic mass is 10.4. The molecule has 0 spiro atoms. The molecular formula is C9H13N5O. The molecule has 0 fully saturated rings. The number of nitrogens with two attached hydrogens (primary N) is 1. The smallest absolute Gasteiger partial charge is 0.163 e. The number of aryl methyl sites for hydroxylation is 1. The summed E-state index contributed by atoms with van der Waals surface area (Å²) in [5, 5.41) is 4.98. The van der Waals surface area contributed by atoms with Gasteiger partial charge >= 0.3 is 0 Å². The molecule has 6 nitrogen and oxygen atoms in total. The van der Waals surface area contributed by atoms with Gasteiger partial charge in [0.05, 0.1) is 24.7 Å². The number of nitrogen functional groups attached to an aromatic ring is 1. The van der Waals surface area contributed by atoms with Crippen LogP contribution in [0.5, 0.6) is 0 Å². The largest absolute Gasteiger partial charge is 0.383 e. The van der Waals surface area contributed by atoms with Crippen LogP contribution in [-0.2, 0) is 11.3 Å². The number of fused-ring (bicyclic) bond motifs is 1. The van der Waals surface area contributed by atoms with Gasteiger partial charge in [0, 0.05) is 7.11 Å². The molecule has 0 amide bonds. The minimum Gasteiger partial charge on any atom is -0.383 e. The van der Waals surface area contributed by atoms with Crippen LogP contribution >= 0.6 is 0 Å². The molecule has 0 atom stereocenters. The van der Waals surface area contributed by atoms with Gasteiger partial charge in [-0.25, -0.2) is 14.6 Å². The van der Waals surface area contributed by atoms with Gasteiger partial charge in [-0.2, -0.15) is 5.10 Å². The van der Waals surface area contributed by atoms with Crippen LogP contribution in [0.2, 0.25) is 0 Å². The molecule has 2 aromatic heterocycles. The molecular weight excluding hydrogens is 194 g/mol. The molecule has 0 radical (unpaired) electrons. The summed E-state index contributed by atoms with van der Waals surface area (Å²) in [4.78, 5) is 8.38. The van der Waals surface area contributed by atoms with E-state index in [4.69, 9.17) is 10.5 Å². The van der Waals surface area contributed by atoms with E-state index < -0.39 is 0 Å². The summed E-state index contributed by atoms with van der Waals surface area (Å²) in [5.74, 6) is 1.13. The van der Waals surface area contributed by atoms with Gasteiger partial charge in [0.15, 0.2) is 5.65 Å². The number of ether oxygens (including phenoxy) is 1. The fourth-order valence-corrected chi connectivity index (χ4v) is 1.43. The molecule has 2 aromatic rings. The molecule has 0 aliphatic carbocycles. The molecule has 0 unspecified atom stereocenters. The number of hydrogen-bond donors (Lipinski definition) is 1. The normalized spacial score (nSPS) is 11.1. The molecule has 0 aliphatic rings. The Morgan fingerprint density at radius 3 is 3.00 bits per heavy atom. The van der Waals surface area contributed by atoms with Gasteiger partial charge in [0.2, 0.25) is 0 Å². The van der Waals surface area contributed by atoms with E-state index in [0.717, 1.165) is 11.0 Å². The molecule has 0 bridgehead atoms. The zero-order valence-corrected chi connectivity index (χ0v) is 8.77. The summed E-state index contributed by atoms with van der Waals surface area (Å²) in [7, 11) is 1.65. The minimum atomic E-state index is 0.473. The lowest BCUT2D eigenvalue weighted by Gasteiger charge is -2.02. The maximum Gasteiger partial charge on any atom is 0.163 e. The predicted molar refractivity (Wildman–Crippen MR) is 56.3 cm³/mol. The summed E-state index contributed by atoms with van der Waals surface area (Å²) < 4.78 is 6.76. The summed E-state index contributed by atoms with van der Waals surface area (Å²) >= 11 is 0. The minimum absolute atomic E-state index is 0.473. The topological polar surface area (TPSA) is 78.9 Å². The average Bonchev–Trinajstić information content (AvgIpc) is 2.58. The molecule has 0 aliphatic heterocycles. The quantitative estimate of drug-likeness (QED) is 0.786. The van der Waals surface area contributed by atoms with E-state index in [1.807, 2.05) is 6.92 Å². The molecule has 0 aromatic carbocycles. The molecule has 0 saturated heterocycles. The van der Waals surface area contributed by atoms with E-state index in [-0.39, 0.29) is 0 Å². The van der Waals surface area contributed by atoms with E-state index in [9.17, 15) is 0 Å². The Labute approximate surface area is 87.1 Å². The summed E-state index contributed by atoms with van der Waals surface area (Å²) in [6, 6.07) is 0. The second kappa shape index (κ2) is 3.82. The Balaban J connectivity index is 2.49. The summed E-state index contributed by atoms with van der Waals surface area (Å²) in [5.41, 5.74) is 6.52. The van der Waals surface area contributed by atoms with Crippen molar-refractivity contribution in [1.82, 2.24) is 19.7 Å². The Kier molecular flexibility index (Phi) is 2.51. The molecule has 80 valence electrons. The van der Waals surface area contributed by atoms with Crippen LogP contribution in [0.4, 0.5) is 5.82 Å². The van der Waals surface area contributed by atoms with Crippen LogP contribution in [0.3, 0.4) is 0 Å². The zero-order chi connectivity index (χ0) is 10.8. The van der Waals surface area contributed by atoms with Gasteiger partial charge in [0.25, 0.3) is 0 Å². The Hall–Kier alpha value is -1.69. The maximum absolute atomic E-state index is 5.76. The standard InChI is InChI=1S/C9H13N5O/c1-6-12-8(10)7-5-11-14(3-4-15-2)9(7)13-6/h5H,3-4H2,1-2H3,(H2,10,12,13). The highest BCUT2D eigenvalue weighted by atomic mass is 16.5. The Morgan fingerprint density at radius 1 is 1.47 bits per heavy atom. The number of nitrogens with zero attached hydrogens (tertiary/aromatic N) is 4. The number of anilines is 1. The van der Waals surface area contributed by atoms with Crippen LogP contribution in [0.1, 0.15) is 5.82 Å². The zero-order valence-electron chi connectivity index (χ0n) is 8.77. The first-order valence-corrected chi connectivity index (χ1v) is 4.67. The number of methoxy groups -OCH3 is 1. The van der Waals surface area contributed by atoms with Gasteiger partial charge < -0.3 is 10.5 Å². The lowest BCUT2D eigenvalue weighted by Crippen LogP contribution is -2.07. The third-order valence-corrected chi connectivity index (χ3v) is 2.14. The predicted octanol–water partition coefficient (Wildman–Crippen LogP) is 0.363.